The van der Waals surface area contributed by atoms with Crippen molar-refractivity contribution in [1.29, 1.82) is 0 Å². The van der Waals surface area contributed by atoms with Crippen LogP contribution in [0.2, 0.25) is 0 Å². The molecule has 158 valence electrons. The zero-order valence-corrected chi connectivity index (χ0v) is 17.6. The number of rotatable bonds is 7. The summed E-state index contributed by atoms with van der Waals surface area (Å²) in [4.78, 5) is 18.6. The highest BCUT2D eigenvalue weighted by Gasteiger charge is 2.16. The Morgan fingerprint density at radius 1 is 1.20 bits per heavy atom. The quantitative estimate of drug-likeness (QED) is 0.618. The number of aryl methyl sites for hydroxylation is 2. The summed E-state index contributed by atoms with van der Waals surface area (Å²) in [6, 6.07) is 13.5. The highest BCUT2D eigenvalue weighted by molar-refractivity contribution is 5.94. The first kappa shape index (κ1) is 20.4. The summed E-state index contributed by atoms with van der Waals surface area (Å²) in [5.74, 6) is 1.56. The fraction of sp³-hybridized carbons (Fsp3) is 0.391. The molecule has 1 aliphatic heterocycles. The highest BCUT2D eigenvalue weighted by Crippen LogP contribution is 2.20. The number of aromatic nitrogens is 2. The van der Waals surface area contributed by atoms with E-state index in [4.69, 9.17) is 14.5 Å². The Morgan fingerprint density at radius 3 is 2.73 bits per heavy atom. The number of benzene rings is 2. The molecular formula is C23H29N4O3+. The molecular weight excluding hydrogens is 380 g/mol. The van der Waals surface area contributed by atoms with Gasteiger partial charge in [0.2, 0.25) is 0 Å². The molecule has 1 saturated heterocycles. The number of imidazole rings is 1. The number of amides is 1. The van der Waals surface area contributed by atoms with Gasteiger partial charge in [-0.25, -0.2) is 4.98 Å². The summed E-state index contributed by atoms with van der Waals surface area (Å²) >= 11 is 0. The van der Waals surface area contributed by atoms with Gasteiger partial charge >= 0.3 is 0 Å². The molecule has 0 saturated carbocycles. The lowest BCUT2D eigenvalue weighted by Gasteiger charge is -2.23. The van der Waals surface area contributed by atoms with Crippen LogP contribution in [-0.2, 0) is 23.0 Å². The molecule has 7 heteroatoms. The number of carbonyl (C=O) groups excluding carboxylic acids is 1. The maximum absolute atomic E-state index is 12.3. The number of fused-ring (bicyclic) bond motifs is 1. The molecule has 0 spiro atoms. The first-order valence-electron chi connectivity index (χ1n) is 10.4. The van der Waals surface area contributed by atoms with Crippen molar-refractivity contribution in [3.8, 4) is 5.75 Å². The van der Waals surface area contributed by atoms with Crippen LogP contribution in [0.4, 0.5) is 5.69 Å². The largest absolute Gasteiger partial charge is 0.484 e. The molecule has 2 heterocycles. The van der Waals surface area contributed by atoms with E-state index in [0.29, 0.717) is 5.75 Å². The molecule has 0 aliphatic carbocycles. The number of morpholine rings is 1. The maximum Gasteiger partial charge on any atom is 0.262 e. The third-order valence-electron chi connectivity index (χ3n) is 5.55. The van der Waals surface area contributed by atoms with E-state index in [1.54, 1.807) is 4.90 Å². The van der Waals surface area contributed by atoms with Gasteiger partial charge in [0, 0.05) is 12.7 Å². The highest BCUT2D eigenvalue weighted by atomic mass is 16.5. The van der Waals surface area contributed by atoms with Crippen LogP contribution < -0.4 is 15.0 Å². The Morgan fingerprint density at radius 2 is 1.97 bits per heavy atom. The fourth-order valence-corrected chi connectivity index (χ4v) is 3.73. The number of anilines is 1. The average Bonchev–Trinajstić information content (AvgIpc) is 3.07. The van der Waals surface area contributed by atoms with Crippen molar-refractivity contribution in [1.82, 2.24) is 9.55 Å². The molecule has 2 aromatic carbocycles. The first-order chi connectivity index (χ1) is 14.6. The minimum atomic E-state index is -0.193. The van der Waals surface area contributed by atoms with Crippen LogP contribution in [0, 0.1) is 6.92 Å². The van der Waals surface area contributed by atoms with Crippen molar-refractivity contribution in [3.05, 3.63) is 53.9 Å². The number of hydrogen-bond donors (Lipinski definition) is 2. The van der Waals surface area contributed by atoms with Crippen molar-refractivity contribution < 1.29 is 19.2 Å². The van der Waals surface area contributed by atoms with E-state index < -0.39 is 0 Å². The van der Waals surface area contributed by atoms with E-state index in [-0.39, 0.29) is 12.5 Å². The molecule has 0 bridgehead atoms. The maximum atomic E-state index is 12.3. The Hall–Kier alpha value is -2.90. The van der Waals surface area contributed by atoms with Gasteiger partial charge in [0.05, 0.1) is 37.2 Å². The van der Waals surface area contributed by atoms with Gasteiger partial charge in [-0.05, 0) is 37.3 Å². The van der Waals surface area contributed by atoms with Crippen LogP contribution in [0.5, 0.6) is 5.75 Å². The lowest BCUT2D eigenvalue weighted by Crippen LogP contribution is -3.14. The second-order valence-corrected chi connectivity index (χ2v) is 7.80. The standard InChI is InChI=1S/C23H28N4O3/c1-17-3-6-19(7-4-17)30-16-23(28)24-18-5-8-21-20(15-18)25-22(26(21)2)9-10-27-11-13-29-14-12-27/h3-8,15H,9-14,16H2,1-2H3,(H,24,28)/p+1. The van der Waals surface area contributed by atoms with Crippen LogP contribution >= 0.6 is 0 Å². The first-order valence-corrected chi connectivity index (χ1v) is 10.4. The van der Waals surface area contributed by atoms with E-state index in [1.165, 1.54) is 0 Å². The second-order valence-electron chi connectivity index (χ2n) is 7.80. The van der Waals surface area contributed by atoms with Gasteiger partial charge < -0.3 is 24.3 Å². The second kappa shape index (κ2) is 9.28. The van der Waals surface area contributed by atoms with Crippen LogP contribution in [0.3, 0.4) is 0 Å². The topological polar surface area (TPSA) is 69.8 Å². The van der Waals surface area contributed by atoms with Crippen LogP contribution in [0.15, 0.2) is 42.5 Å². The molecule has 2 N–H and O–H groups in total. The predicted octanol–water partition coefficient (Wildman–Crippen LogP) is 1.36. The van der Waals surface area contributed by atoms with E-state index in [0.717, 1.165) is 67.4 Å². The van der Waals surface area contributed by atoms with Gasteiger partial charge in [-0.15, -0.1) is 0 Å². The summed E-state index contributed by atoms with van der Waals surface area (Å²) < 4.78 is 13.1. The summed E-state index contributed by atoms with van der Waals surface area (Å²) in [5.41, 5.74) is 3.84. The molecule has 1 fully saturated rings. The van der Waals surface area contributed by atoms with Crippen molar-refractivity contribution >= 4 is 22.6 Å². The van der Waals surface area contributed by atoms with Gasteiger partial charge in [0.15, 0.2) is 6.61 Å². The normalized spacial score (nSPS) is 14.7. The molecule has 1 amide bonds. The molecule has 1 aromatic heterocycles. The molecule has 0 radical (unpaired) electrons. The fourth-order valence-electron chi connectivity index (χ4n) is 3.73. The lowest BCUT2D eigenvalue weighted by molar-refractivity contribution is -0.907. The Labute approximate surface area is 176 Å². The molecule has 30 heavy (non-hydrogen) atoms. The number of hydrogen-bond acceptors (Lipinski definition) is 4. The van der Waals surface area contributed by atoms with Gasteiger partial charge in [-0.3, -0.25) is 4.79 Å². The molecule has 7 nitrogen and oxygen atoms in total. The molecule has 0 atom stereocenters. The van der Waals surface area contributed by atoms with Crippen molar-refractivity contribution in [2.24, 2.45) is 7.05 Å². The van der Waals surface area contributed by atoms with Gasteiger partial charge in [0.25, 0.3) is 5.91 Å². The lowest BCUT2D eigenvalue weighted by atomic mass is 10.2. The summed E-state index contributed by atoms with van der Waals surface area (Å²) in [7, 11) is 2.05. The Bertz CT molecular complexity index is 1010. The van der Waals surface area contributed by atoms with Gasteiger partial charge in [0.1, 0.15) is 24.7 Å². The van der Waals surface area contributed by atoms with Crippen LogP contribution in [-0.4, -0.2) is 54.9 Å². The molecule has 0 unspecified atom stereocenters. The zero-order chi connectivity index (χ0) is 20.9. The van der Waals surface area contributed by atoms with Crippen molar-refractivity contribution in [3.63, 3.8) is 0 Å². The summed E-state index contributed by atoms with van der Waals surface area (Å²) in [6.07, 6.45) is 0.923. The number of nitrogens with one attached hydrogen (secondary N) is 2. The predicted molar refractivity (Wildman–Crippen MR) is 116 cm³/mol. The van der Waals surface area contributed by atoms with E-state index in [2.05, 4.69) is 9.88 Å². The summed E-state index contributed by atoms with van der Waals surface area (Å²) in [5, 5.41) is 2.90. The average molecular weight is 410 g/mol. The van der Waals surface area contributed by atoms with Crippen molar-refractivity contribution in [2.45, 2.75) is 13.3 Å². The number of nitrogens with zero attached hydrogens (tertiary/aromatic N) is 2. The van der Waals surface area contributed by atoms with E-state index >= 15 is 0 Å². The van der Waals surface area contributed by atoms with E-state index in [1.807, 2.05) is 56.4 Å². The SMILES string of the molecule is Cc1ccc(OCC(=O)Nc2ccc3c(c2)nc(CC[NH+]2CCOCC2)n3C)cc1. The van der Waals surface area contributed by atoms with Crippen LogP contribution in [0.1, 0.15) is 11.4 Å². The van der Waals surface area contributed by atoms with Crippen LogP contribution in [0.25, 0.3) is 11.0 Å². The van der Waals surface area contributed by atoms with Gasteiger partial charge in [-0.1, -0.05) is 17.7 Å². The number of carbonyl (C=O) groups is 1. The Kier molecular flexibility index (Phi) is 6.30. The molecule has 3 aromatic rings. The summed E-state index contributed by atoms with van der Waals surface area (Å²) in [6.45, 7) is 6.84. The van der Waals surface area contributed by atoms with Crippen molar-refractivity contribution in [2.75, 3.05) is 44.8 Å². The molecule has 1 aliphatic rings. The third kappa shape index (κ3) is 4.98. The third-order valence-corrected chi connectivity index (χ3v) is 5.55. The minimum Gasteiger partial charge on any atom is -0.484 e. The smallest absolute Gasteiger partial charge is 0.262 e. The molecule has 4 rings (SSSR count). The minimum absolute atomic E-state index is 0.0309. The van der Waals surface area contributed by atoms with E-state index in [9.17, 15) is 4.79 Å². The zero-order valence-electron chi connectivity index (χ0n) is 17.6. The number of ether oxygens (including phenoxy) is 2. The Balaban J connectivity index is 1.36. The number of quaternary nitrogens is 1. The van der Waals surface area contributed by atoms with Gasteiger partial charge in [-0.2, -0.15) is 0 Å². The monoisotopic (exact) mass is 409 g/mol.